The van der Waals surface area contributed by atoms with Crippen LogP contribution in [0, 0.1) is 22.7 Å². The molecule has 1 aliphatic heterocycles. The van der Waals surface area contributed by atoms with Crippen molar-refractivity contribution in [3.8, 4) is 5.75 Å². The number of nitrogens with one attached hydrogen (secondary N) is 1. The highest BCUT2D eigenvalue weighted by Crippen LogP contribution is 2.63. The van der Waals surface area contributed by atoms with E-state index in [0.717, 1.165) is 36.1 Å². The van der Waals surface area contributed by atoms with Gasteiger partial charge in [0.25, 0.3) is 0 Å². The first kappa shape index (κ1) is 25.2. The number of fused-ring (bicyclic) bond motifs is 3. The van der Waals surface area contributed by atoms with Crippen LogP contribution in [-0.4, -0.2) is 36.9 Å². The summed E-state index contributed by atoms with van der Waals surface area (Å²) in [5.41, 5.74) is 1.77. The summed E-state index contributed by atoms with van der Waals surface area (Å²) in [4.78, 5) is 13.0. The van der Waals surface area contributed by atoms with E-state index in [1.807, 2.05) is 54.6 Å². The molecule has 7 unspecified atom stereocenters. The number of amides is 1. The molecular formula is C30H39NO5. The molecule has 3 aliphatic rings. The van der Waals surface area contributed by atoms with E-state index in [2.05, 4.69) is 19.2 Å². The van der Waals surface area contributed by atoms with Gasteiger partial charge in [-0.1, -0.05) is 56.3 Å². The Hall–Kier alpha value is -2.41. The van der Waals surface area contributed by atoms with Gasteiger partial charge in [0, 0.05) is 23.9 Å². The first-order valence-electron chi connectivity index (χ1n) is 13.2. The lowest BCUT2D eigenvalue weighted by molar-refractivity contribution is -0.312. The van der Waals surface area contributed by atoms with E-state index in [1.165, 1.54) is 0 Å². The highest BCUT2D eigenvalue weighted by molar-refractivity contribution is 5.76. The maximum atomic E-state index is 13.0. The molecule has 5 rings (SSSR count). The van der Waals surface area contributed by atoms with Gasteiger partial charge in [-0.2, -0.15) is 0 Å². The van der Waals surface area contributed by atoms with Gasteiger partial charge in [0.05, 0.1) is 25.9 Å². The van der Waals surface area contributed by atoms with E-state index in [4.69, 9.17) is 14.2 Å². The van der Waals surface area contributed by atoms with E-state index >= 15 is 0 Å². The van der Waals surface area contributed by atoms with E-state index in [0.29, 0.717) is 31.9 Å². The summed E-state index contributed by atoms with van der Waals surface area (Å²) in [7, 11) is 1.66. The minimum atomic E-state index is -0.466. The SMILES string of the molecule is COc1ccc(C2OCC3(C)C(CCC4(C)C(CC(=O)NCc5ccccc5)C(O)CCC34)O2)cc1. The zero-order valence-corrected chi connectivity index (χ0v) is 21.6. The minimum Gasteiger partial charge on any atom is -0.497 e. The standard InChI is InChI=1S/C30H39NO5/c1-29-16-15-26-30(2,19-35-28(36-26)21-9-11-22(34-3)12-10-21)25(29)14-13-24(32)23(29)17-27(33)31-18-20-7-5-4-6-8-20/h4-12,23-26,28,32H,13-19H2,1-3H3,(H,31,33). The van der Waals surface area contributed by atoms with Crippen LogP contribution >= 0.6 is 0 Å². The van der Waals surface area contributed by atoms with Gasteiger partial charge >= 0.3 is 0 Å². The predicted molar refractivity (Wildman–Crippen MR) is 137 cm³/mol. The van der Waals surface area contributed by atoms with Crippen molar-refractivity contribution in [2.75, 3.05) is 13.7 Å². The van der Waals surface area contributed by atoms with Crippen molar-refractivity contribution in [3.05, 3.63) is 65.7 Å². The van der Waals surface area contributed by atoms with Crippen LogP contribution in [0.15, 0.2) is 54.6 Å². The second-order valence-electron chi connectivity index (χ2n) is 11.4. The number of benzene rings is 2. The lowest BCUT2D eigenvalue weighted by atomic mass is 9.46. The number of hydrogen-bond acceptors (Lipinski definition) is 5. The molecule has 2 N–H and O–H groups in total. The molecule has 0 spiro atoms. The van der Waals surface area contributed by atoms with Crippen LogP contribution in [0.3, 0.4) is 0 Å². The van der Waals surface area contributed by atoms with Crippen molar-refractivity contribution in [2.24, 2.45) is 22.7 Å². The van der Waals surface area contributed by atoms with Gasteiger partial charge < -0.3 is 24.6 Å². The molecule has 0 radical (unpaired) electrons. The van der Waals surface area contributed by atoms with Crippen molar-refractivity contribution in [1.29, 1.82) is 0 Å². The number of aliphatic hydroxyl groups excluding tert-OH is 1. The fourth-order valence-corrected chi connectivity index (χ4v) is 7.24. The number of ether oxygens (including phenoxy) is 3. The lowest BCUT2D eigenvalue weighted by Gasteiger charge is -2.63. The fourth-order valence-electron chi connectivity index (χ4n) is 7.24. The Kier molecular flexibility index (Phi) is 7.12. The van der Waals surface area contributed by atoms with E-state index < -0.39 is 6.10 Å². The molecule has 2 aromatic rings. The van der Waals surface area contributed by atoms with Crippen molar-refractivity contribution in [3.63, 3.8) is 0 Å². The molecule has 6 heteroatoms. The summed E-state index contributed by atoms with van der Waals surface area (Å²) in [6.07, 6.45) is 3.04. The molecule has 2 aliphatic carbocycles. The number of carbonyl (C=O) groups is 1. The molecule has 1 heterocycles. The molecule has 7 atom stereocenters. The normalized spacial score (nSPS) is 35.8. The fraction of sp³-hybridized carbons (Fsp3) is 0.567. The van der Waals surface area contributed by atoms with Crippen molar-refractivity contribution >= 4 is 5.91 Å². The Bertz CT molecular complexity index is 1040. The third-order valence-electron chi connectivity index (χ3n) is 9.29. The lowest BCUT2D eigenvalue weighted by Crippen LogP contribution is -2.62. The van der Waals surface area contributed by atoms with Crippen LogP contribution < -0.4 is 10.1 Å². The molecule has 0 bridgehead atoms. The van der Waals surface area contributed by atoms with Crippen LogP contribution in [0.25, 0.3) is 0 Å². The summed E-state index contributed by atoms with van der Waals surface area (Å²) in [5.74, 6) is 1.06. The number of rotatable bonds is 6. The van der Waals surface area contributed by atoms with Crippen molar-refractivity contribution in [1.82, 2.24) is 5.32 Å². The molecule has 3 fully saturated rings. The predicted octanol–water partition coefficient (Wildman–Crippen LogP) is 5.01. The smallest absolute Gasteiger partial charge is 0.220 e. The number of carbonyl (C=O) groups excluding carboxylic acids is 1. The molecule has 1 amide bonds. The van der Waals surface area contributed by atoms with Crippen LogP contribution in [0.1, 0.15) is 63.4 Å². The van der Waals surface area contributed by atoms with Gasteiger partial charge in [0.1, 0.15) is 5.75 Å². The maximum absolute atomic E-state index is 13.0. The molecular weight excluding hydrogens is 454 g/mol. The molecule has 36 heavy (non-hydrogen) atoms. The molecule has 6 nitrogen and oxygen atoms in total. The maximum Gasteiger partial charge on any atom is 0.220 e. The van der Waals surface area contributed by atoms with Crippen LogP contribution in [0.2, 0.25) is 0 Å². The summed E-state index contributed by atoms with van der Waals surface area (Å²) < 4.78 is 18.2. The monoisotopic (exact) mass is 493 g/mol. The first-order valence-corrected chi connectivity index (χ1v) is 13.2. The Balaban J connectivity index is 1.28. The Morgan fingerprint density at radius 3 is 2.53 bits per heavy atom. The van der Waals surface area contributed by atoms with Crippen molar-refractivity contribution in [2.45, 2.75) is 71.0 Å². The third-order valence-corrected chi connectivity index (χ3v) is 9.29. The van der Waals surface area contributed by atoms with E-state index in [-0.39, 0.29) is 35.0 Å². The molecule has 2 aromatic carbocycles. The van der Waals surface area contributed by atoms with E-state index in [1.54, 1.807) is 7.11 Å². The van der Waals surface area contributed by atoms with E-state index in [9.17, 15) is 9.90 Å². The van der Waals surface area contributed by atoms with Gasteiger partial charge in [-0.25, -0.2) is 0 Å². The molecule has 1 saturated heterocycles. The highest BCUT2D eigenvalue weighted by atomic mass is 16.7. The number of aliphatic hydroxyl groups is 1. The average Bonchev–Trinajstić information content (AvgIpc) is 2.90. The van der Waals surface area contributed by atoms with Crippen LogP contribution in [0.5, 0.6) is 5.75 Å². The van der Waals surface area contributed by atoms with Crippen LogP contribution in [-0.2, 0) is 20.8 Å². The summed E-state index contributed by atoms with van der Waals surface area (Å²) in [6, 6.07) is 17.8. The van der Waals surface area contributed by atoms with Gasteiger partial charge in [-0.3, -0.25) is 4.79 Å². The molecule has 2 saturated carbocycles. The Morgan fingerprint density at radius 2 is 1.81 bits per heavy atom. The largest absolute Gasteiger partial charge is 0.497 e. The van der Waals surface area contributed by atoms with Crippen LogP contribution in [0.4, 0.5) is 0 Å². The van der Waals surface area contributed by atoms with Gasteiger partial charge in [-0.15, -0.1) is 0 Å². The van der Waals surface area contributed by atoms with Gasteiger partial charge in [0.2, 0.25) is 5.91 Å². The first-order chi connectivity index (χ1) is 17.3. The number of hydrogen-bond donors (Lipinski definition) is 2. The third kappa shape index (κ3) is 4.67. The second-order valence-corrected chi connectivity index (χ2v) is 11.4. The summed E-state index contributed by atoms with van der Waals surface area (Å²) in [6.45, 7) is 5.69. The number of methoxy groups -OCH3 is 1. The average molecular weight is 494 g/mol. The summed E-state index contributed by atoms with van der Waals surface area (Å²) >= 11 is 0. The van der Waals surface area contributed by atoms with Crippen molar-refractivity contribution < 1.29 is 24.1 Å². The second kappa shape index (κ2) is 10.2. The highest BCUT2D eigenvalue weighted by Gasteiger charge is 2.61. The molecule has 0 aromatic heterocycles. The topological polar surface area (TPSA) is 77.0 Å². The summed E-state index contributed by atoms with van der Waals surface area (Å²) in [5, 5.41) is 14.1. The van der Waals surface area contributed by atoms with Gasteiger partial charge in [0.15, 0.2) is 6.29 Å². The minimum absolute atomic E-state index is 0.00719. The van der Waals surface area contributed by atoms with Gasteiger partial charge in [-0.05, 0) is 60.6 Å². The quantitative estimate of drug-likeness (QED) is 0.592. The molecule has 194 valence electrons. The zero-order chi connectivity index (χ0) is 25.3. The Labute approximate surface area is 214 Å². The zero-order valence-electron chi connectivity index (χ0n) is 21.6. The Morgan fingerprint density at radius 1 is 1.06 bits per heavy atom.